The number of nitrogen functional groups attached to an aromatic ring is 1. The summed E-state index contributed by atoms with van der Waals surface area (Å²) in [6.45, 7) is 0.335. The molecule has 10 heteroatoms. The Kier molecular flexibility index (Phi) is 6.19. The first-order valence-electron chi connectivity index (χ1n) is 8.97. The Labute approximate surface area is 173 Å². The summed E-state index contributed by atoms with van der Waals surface area (Å²) in [7, 11) is -0.782. The van der Waals surface area contributed by atoms with Gasteiger partial charge in [-0.05, 0) is 37.0 Å². The van der Waals surface area contributed by atoms with Gasteiger partial charge in [0.25, 0.3) is 0 Å². The molecule has 0 atom stereocenters. The van der Waals surface area contributed by atoms with Crippen molar-refractivity contribution in [3.63, 3.8) is 0 Å². The van der Waals surface area contributed by atoms with E-state index in [9.17, 15) is 17.6 Å². The molecule has 0 aliphatic rings. The summed E-state index contributed by atoms with van der Waals surface area (Å²) in [6.07, 6.45) is 3.98. The minimum absolute atomic E-state index is 0.0405. The molecule has 3 aromatic rings. The number of rotatable bonds is 7. The molecule has 1 aromatic carbocycles. The number of anilines is 1. The molecule has 0 saturated heterocycles. The number of pyridine rings is 1. The maximum absolute atomic E-state index is 14.1. The molecule has 5 nitrogen and oxygen atoms in total. The highest BCUT2D eigenvalue weighted by Gasteiger charge is 2.36. The fourth-order valence-corrected chi connectivity index (χ4v) is 3.39. The molecule has 2 heterocycles. The molecule has 0 bridgehead atoms. The third-order valence-corrected chi connectivity index (χ3v) is 5.66. The largest absolute Gasteiger partial charge is 0.453 e. The van der Waals surface area contributed by atoms with Gasteiger partial charge in [-0.2, -0.15) is 13.2 Å². The lowest BCUT2D eigenvalue weighted by molar-refractivity contribution is -0.136. The third-order valence-electron chi connectivity index (χ3n) is 4.27. The molecule has 0 spiro atoms. The van der Waals surface area contributed by atoms with E-state index in [2.05, 4.69) is 23.8 Å². The lowest BCUT2D eigenvalue weighted by Crippen LogP contribution is -2.10. The molecule has 2 N–H and O–H groups in total. The minimum atomic E-state index is -4.65. The first-order chi connectivity index (χ1) is 14.0. The number of halogens is 4. The van der Waals surface area contributed by atoms with Gasteiger partial charge in [0, 0.05) is 29.9 Å². The van der Waals surface area contributed by atoms with E-state index in [-0.39, 0.29) is 35.0 Å². The summed E-state index contributed by atoms with van der Waals surface area (Å²) < 4.78 is 67.6. The Balaban J connectivity index is 1.97. The van der Waals surface area contributed by atoms with Crippen LogP contribution in [-0.4, -0.2) is 40.7 Å². The number of hydrogen-bond donors (Lipinski definition) is 1. The van der Waals surface area contributed by atoms with Gasteiger partial charge in [0.15, 0.2) is 11.6 Å². The van der Waals surface area contributed by atoms with Gasteiger partial charge in [-0.1, -0.05) is 0 Å². The molecule has 30 heavy (non-hydrogen) atoms. The van der Waals surface area contributed by atoms with Crippen LogP contribution in [0.5, 0.6) is 11.5 Å². The molecule has 0 saturated carbocycles. The van der Waals surface area contributed by atoms with Crippen molar-refractivity contribution in [2.45, 2.75) is 12.9 Å². The number of hydrogen-bond acceptors (Lipinski definition) is 4. The van der Waals surface area contributed by atoms with Crippen LogP contribution < -0.4 is 10.5 Å². The molecule has 2 aromatic heterocycles. The predicted octanol–water partition coefficient (Wildman–Crippen LogP) is 5.24. The van der Waals surface area contributed by atoms with E-state index in [1.54, 1.807) is 0 Å². The van der Waals surface area contributed by atoms with Gasteiger partial charge in [-0.25, -0.2) is 19.4 Å². The monoisotopic (exact) mass is 445 g/mol. The van der Waals surface area contributed by atoms with Crippen LogP contribution in [0.4, 0.5) is 23.2 Å². The summed E-state index contributed by atoms with van der Waals surface area (Å²) in [6, 6.07) is 4.97. The van der Waals surface area contributed by atoms with Crippen LogP contribution in [-0.2, 0) is 17.6 Å². The second-order valence-electron chi connectivity index (χ2n) is 7.64. The zero-order valence-electron chi connectivity index (χ0n) is 16.8. The van der Waals surface area contributed by atoms with Crippen molar-refractivity contribution in [3.8, 4) is 11.5 Å². The number of aromatic nitrogens is 2. The summed E-state index contributed by atoms with van der Waals surface area (Å²) in [4.78, 5) is 4.08. The van der Waals surface area contributed by atoms with Crippen LogP contribution in [0.15, 0.2) is 36.7 Å². The van der Waals surface area contributed by atoms with E-state index >= 15 is 0 Å². The van der Waals surface area contributed by atoms with Gasteiger partial charge < -0.3 is 19.8 Å². The second kappa shape index (κ2) is 8.35. The smallest absolute Gasteiger partial charge is 0.418 e. The number of nitrogens with zero attached hydrogens (tertiary/aromatic N) is 2. The van der Waals surface area contributed by atoms with Crippen LogP contribution in [0.25, 0.3) is 11.0 Å². The highest BCUT2D eigenvalue weighted by molar-refractivity contribution is 8.32. The zero-order chi connectivity index (χ0) is 22.1. The molecule has 164 valence electrons. The van der Waals surface area contributed by atoms with Gasteiger partial charge >= 0.3 is 6.18 Å². The number of alkyl halides is 3. The highest BCUT2D eigenvalue weighted by atomic mass is 32.3. The lowest BCUT2D eigenvalue weighted by Gasteiger charge is -2.24. The maximum atomic E-state index is 14.1. The van der Waals surface area contributed by atoms with Gasteiger partial charge in [0.2, 0.25) is 0 Å². The fourth-order valence-electron chi connectivity index (χ4n) is 2.77. The Bertz CT molecular complexity index is 1040. The number of nitrogens with two attached hydrogens (primary N) is 1. The van der Waals surface area contributed by atoms with Crippen LogP contribution in [0.2, 0.25) is 0 Å². The first kappa shape index (κ1) is 22.2. The zero-order valence-corrected chi connectivity index (χ0v) is 17.6. The molecule has 0 radical (unpaired) electrons. The summed E-state index contributed by atoms with van der Waals surface area (Å²) >= 11 is 0. The van der Waals surface area contributed by atoms with E-state index in [0.717, 1.165) is 18.0 Å². The Morgan fingerprint density at radius 1 is 1.13 bits per heavy atom. The highest BCUT2D eigenvalue weighted by Crippen LogP contribution is 2.41. The maximum Gasteiger partial charge on any atom is 0.418 e. The number of benzene rings is 1. The van der Waals surface area contributed by atoms with Crippen LogP contribution in [0.1, 0.15) is 5.56 Å². The summed E-state index contributed by atoms with van der Waals surface area (Å²) in [5.41, 5.74) is 4.80. The SMILES string of the molecule is CS(C)(C)CCOCn1cc(C(F)(F)F)c2c(Oc3ccc(N)cc3F)ccnc21. The second-order valence-corrected chi connectivity index (χ2v) is 12.2. The van der Waals surface area contributed by atoms with E-state index in [1.807, 2.05) is 0 Å². The number of ether oxygens (including phenoxy) is 2. The van der Waals surface area contributed by atoms with Crippen molar-refractivity contribution in [2.75, 3.05) is 36.9 Å². The molecular formula is C20H23F4N3O2S. The molecule has 0 aliphatic carbocycles. The van der Waals surface area contributed by atoms with Crippen molar-refractivity contribution in [1.82, 2.24) is 9.55 Å². The van der Waals surface area contributed by atoms with E-state index in [4.69, 9.17) is 15.2 Å². The molecular weight excluding hydrogens is 422 g/mol. The van der Waals surface area contributed by atoms with Crippen molar-refractivity contribution in [3.05, 3.63) is 48.0 Å². The van der Waals surface area contributed by atoms with Crippen LogP contribution in [0, 0.1) is 5.82 Å². The molecule has 3 rings (SSSR count). The van der Waals surface area contributed by atoms with Crippen molar-refractivity contribution >= 4 is 26.7 Å². The normalized spacial score (nSPS) is 13.0. The Morgan fingerprint density at radius 2 is 1.87 bits per heavy atom. The topological polar surface area (TPSA) is 62.3 Å². The van der Waals surface area contributed by atoms with E-state index in [1.165, 1.54) is 29.0 Å². The van der Waals surface area contributed by atoms with Crippen LogP contribution >= 0.6 is 10.0 Å². The van der Waals surface area contributed by atoms with E-state index in [0.29, 0.717) is 6.61 Å². The predicted molar refractivity (Wildman–Crippen MR) is 112 cm³/mol. The van der Waals surface area contributed by atoms with Crippen molar-refractivity contribution in [2.24, 2.45) is 0 Å². The average Bonchev–Trinajstić information content (AvgIpc) is 3.00. The summed E-state index contributed by atoms with van der Waals surface area (Å²) in [5.74, 6) is -0.340. The van der Waals surface area contributed by atoms with Gasteiger partial charge in [0.1, 0.15) is 18.1 Å². The Hall–Kier alpha value is -2.46. The van der Waals surface area contributed by atoms with Crippen molar-refractivity contribution < 1.29 is 27.0 Å². The first-order valence-corrected chi connectivity index (χ1v) is 12.0. The lowest BCUT2D eigenvalue weighted by atomic mass is 10.2. The Morgan fingerprint density at radius 3 is 2.50 bits per heavy atom. The fraction of sp³-hybridized carbons (Fsp3) is 0.350. The number of fused-ring (bicyclic) bond motifs is 1. The average molecular weight is 445 g/mol. The van der Waals surface area contributed by atoms with E-state index < -0.39 is 27.6 Å². The van der Waals surface area contributed by atoms with Crippen LogP contribution in [0.3, 0.4) is 0 Å². The van der Waals surface area contributed by atoms with Gasteiger partial charge in [-0.3, -0.25) is 0 Å². The minimum Gasteiger partial charge on any atom is -0.453 e. The third kappa shape index (κ3) is 5.17. The standard InChI is InChI=1S/C20H23F4N3O2S/c1-30(2,3)9-8-28-12-27-11-14(20(22,23)24)18-17(6-7-26-19(18)27)29-16-5-4-13(25)10-15(16)21/h4-7,10-11H,8-9,12,25H2,1-3H3. The molecule has 0 amide bonds. The molecule has 0 aliphatic heterocycles. The quantitative estimate of drug-likeness (QED) is 0.307. The van der Waals surface area contributed by atoms with Crippen molar-refractivity contribution in [1.29, 1.82) is 0 Å². The molecule has 0 unspecified atom stereocenters. The van der Waals surface area contributed by atoms with Gasteiger partial charge in [-0.15, -0.1) is 0 Å². The van der Waals surface area contributed by atoms with Gasteiger partial charge in [0.05, 0.1) is 17.6 Å². The molecule has 0 fully saturated rings. The summed E-state index contributed by atoms with van der Waals surface area (Å²) in [5, 5.41) is -0.258.